The van der Waals surface area contributed by atoms with E-state index in [1.807, 2.05) is 0 Å². The van der Waals surface area contributed by atoms with Crippen LogP contribution in [0.25, 0.3) is 0 Å². The first-order valence-electron chi connectivity index (χ1n) is 8.33. The number of thiol groups is 1. The van der Waals surface area contributed by atoms with Crippen LogP contribution >= 0.6 is 12.6 Å². The van der Waals surface area contributed by atoms with Crippen LogP contribution in [0, 0.1) is 11.8 Å². The first-order valence-corrected chi connectivity index (χ1v) is 8.85. The van der Waals surface area contributed by atoms with Gasteiger partial charge in [-0.05, 0) is 84.0 Å². The second kappa shape index (κ2) is 7.86. The minimum Gasteiger partial charge on any atom is -0.299 e. The maximum atomic E-state index is 4.55. The Morgan fingerprint density at radius 3 is 2.05 bits per heavy atom. The standard InChI is InChI=1S/C17H32N2S/c1-14(2)13-18-8-4-16(5-9-18)12-17-6-10-19(11-7-17)15(3)20/h15-17,20H,1,4-13H2,2-3H3. The smallest absolute Gasteiger partial charge is 0.0499 e. The topological polar surface area (TPSA) is 6.48 Å². The largest absolute Gasteiger partial charge is 0.299 e. The van der Waals surface area contributed by atoms with E-state index in [-0.39, 0.29) is 0 Å². The summed E-state index contributed by atoms with van der Waals surface area (Å²) >= 11 is 4.55. The van der Waals surface area contributed by atoms with E-state index >= 15 is 0 Å². The van der Waals surface area contributed by atoms with Gasteiger partial charge in [-0.15, -0.1) is 0 Å². The summed E-state index contributed by atoms with van der Waals surface area (Å²) in [5.74, 6) is 1.94. The third-order valence-electron chi connectivity index (χ3n) is 5.04. The monoisotopic (exact) mass is 296 g/mol. The van der Waals surface area contributed by atoms with E-state index < -0.39 is 0 Å². The highest BCUT2D eigenvalue weighted by molar-refractivity contribution is 7.80. The fourth-order valence-corrected chi connectivity index (χ4v) is 4.03. The molecule has 2 saturated heterocycles. The molecule has 2 heterocycles. The molecule has 0 N–H and O–H groups in total. The summed E-state index contributed by atoms with van der Waals surface area (Å²) in [6, 6.07) is 0. The highest BCUT2D eigenvalue weighted by Crippen LogP contribution is 2.30. The van der Waals surface area contributed by atoms with Crippen LogP contribution in [0.4, 0.5) is 0 Å². The van der Waals surface area contributed by atoms with Crippen molar-refractivity contribution in [1.82, 2.24) is 9.80 Å². The van der Waals surface area contributed by atoms with Crippen molar-refractivity contribution < 1.29 is 0 Å². The zero-order chi connectivity index (χ0) is 14.5. The molecule has 2 fully saturated rings. The average Bonchev–Trinajstić information content (AvgIpc) is 2.41. The molecule has 1 atom stereocenters. The summed E-state index contributed by atoms with van der Waals surface area (Å²) in [7, 11) is 0. The van der Waals surface area contributed by atoms with Crippen molar-refractivity contribution in [3.8, 4) is 0 Å². The molecule has 116 valence electrons. The maximum absolute atomic E-state index is 4.55. The lowest BCUT2D eigenvalue weighted by Gasteiger charge is -2.37. The molecule has 20 heavy (non-hydrogen) atoms. The highest BCUT2D eigenvalue weighted by atomic mass is 32.1. The third-order valence-corrected chi connectivity index (χ3v) is 5.37. The summed E-state index contributed by atoms with van der Waals surface area (Å²) in [6.07, 6.45) is 7.04. The predicted octanol–water partition coefficient (Wildman–Crippen LogP) is 3.65. The van der Waals surface area contributed by atoms with Gasteiger partial charge in [0.25, 0.3) is 0 Å². The SMILES string of the molecule is C=C(C)CN1CCC(CC2CCN(C(C)S)CC2)CC1. The molecule has 0 aliphatic carbocycles. The number of likely N-dealkylation sites (tertiary alicyclic amines) is 2. The molecular weight excluding hydrogens is 264 g/mol. The molecule has 0 radical (unpaired) electrons. The van der Waals surface area contributed by atoms with Gasteiger partial charge >= 0.3 is 0 Å². The van der Waals surface area contributed by atoms with Gasteiger partial charge < -0.3 is 0 Å². The van der Waals surface area contributed by atoms with Crippen LogP contribution in [-0.4, -0.2) is 47.9 Å². The van der Waals surface area contributed by atoms with Crippen molar-refractivity contribution in [2.45, 2.75) is 51.3 Å². The first-order chi connectivity index (χ1) is 9.54. The molecule has 0 saturated carbocycles. The molecule has 0 aromatic rings. The molecule has 1 unspecified atom stereocenters. The zero-order valence-corrected chi connectivity index (χ0v) is 14.2. The van der Waals surface area contributed by atoms with Crippen LogP contribution < -0.4 is 0 Å². The Labute approximate surface area is 131 Å². The Kier molecular flexibility index (Phi) is 6.44. The first kappa shape index (κ1) is 16.4. The van der Waals surface area contributed by atoms with E-state index in [9.17, 15) is 0 Å². The van der Waals surface area contributed by atoms with E-state index in [4.69, 9.17) is 0 Å². The molecule has 3 heteroatoms. The minimum absolute atomic E-state index is 0.432. The Morgan fingerprint density at radius 1 is 1.10 bits per heavy atom. The highest BCUT2D eigenvalue weighted by Gasteiger charge is 2.26. The zero-order valence-electron chi connectivity index (χ0n) is 13.4. The minimum atomic E-state index is 0.432. The summed E-state index contributed by atoms with van der Waals surface area (Å²) in [5, 5.41) is 0.432. The van der Waals surface area contributed by atoms with Crippen molar-refractivity contribution in [3.63, 3.8) is 0 Å². The number of nitrogens with zero attached hydrogens (tertiary/aromatic N) is 2. The number of hydrogen-bond acceptors (Lipinski definition) is 3. The Balaban J connectivity index is 1.65. The summed E-state index contributed by atoms with van der Waals surface area (Å²) in [5.41, 5.74) is 1.30. The van der Waals surface area contributed by atoms with Gasteiger partial charge in [-0.25, -0.2) is 0 Å². The van der Waals surface area contributed by atoms with Gasteiger partial charge in [0.05, 0.1) is 0 Å². The molecule has 2 aliphatic heterocycles. The molecule has 0 spiro atoms. The second-order valence-corrected chi connectivity index (χ2v) is 7.77. The summed E-state index contributed by atoms with van der Waals surface area (Å²) < 4.78 is 0. The molecule has 2 nitrogen and oxygen atoms in total. The van der Waals surface area contributed by atoms with Crippen LogP contribution in [0.1, 0.15) is 46.0 Å². The van der Waals surface area contributed by atoms with Crippen LogP contribution in [-0.2, 0) is 0 Å². The van der Waals surface area contributed by atoms with Crippen molar-refractivity contribution >= 4 is 12.6 Å². The van der Waals surface area contributed by atoms with Crippen LogP contribution in [0.2, 0.25) is 0 Å². The van der Waals surface area contributed by atoms with Gasteiger partial charge in [-0.2, -0.15) is 12.6 Å². The van der Waals surface area contributed by atoms with E-state index in [0.29, 0.717) is 5.37 Å². The van der Waals surface area contributed by atoms with Crippen molar-refractivity contribution in [3.05, 3.63) is 12.2 Å². The number of rotatable bonds is 5. The van der Waals surface area contributed by atoms with Gasteiger partial charge in [0.2, 0.25) is 0 Å². The average molecular weight is 297 g/mol. The second-order valence-electron chi connectivity index (χ2n) is 7.02. The fraction of sp³-hybridized carbons (Fsp3) is 0.882. The molecule has 0 bridgehead atoms. The van der Waals surface area contributed by atoms with Gasteiger partial charge in [-0.1, -0.05) is 12.2 Å². The molecule has 2 aliphatic rings. The van der Waals surface area contributed by atoms with Crippen LogP contribution in [0.5, 0.6) is 0 Å². The molecule has 2 rings (SSSR count). The molecule has 0 aromatic heterocycles. The van der Waals surface area contributed by atoms with E-state index in [2.05, 4.69) is 42.9 Å². The van der Waals surface area contributed by atoms with Gasteiger partial charge in [0, 0.05) is 11.9 Å². The molecular formula is C17H32N2S. The normalized spacial score (nSPS) is 25.8. The number of hydrogen-bond donors (Lipinski definition) is 1. The van der Waals surface area contributed by atoms with Crippen molar-refractivity contribution in [2.75, 3.05) is 32.7 Å². The van der Waals surface area contributed by atoms with Crippen LogP contribution in [0.15, 0.2) is 12.2 Å². The van der Waals surface area contributed by atoms with E-state index in [1.54, 1.807) is 0 Å². The molecule has 0 amide bonds. The number of piperidine rings is 2. The van der Waals surface area contributed by atoms with Gasteiger partial charge in [0.15, 0.2) is 0 Å². The van der Waals surface area contributed by atoms with E-state index in [0.717, 1.165) is 18.4 Å². The maximum Gasteiger partial charge on any atom is 0.0499 e. The fourth-order valence-electron chi connectivity index (χ4n) is 3.80. The lowest BCUT2D eigenvalue weighted by atomic mass is 9.83. The Morgan fingerprint density at radius 2 is 1.60 bits per heavy atom. The molecule has 0 aromatic carbocycles. The quantitative estimate of drug-likeness (QED) is 0.611. The Hall–Kier alpha value is 0.0100. The lowest BCUT2D eigenvalue weighted by Crippen LogP contribution is -2.39. The Bertz CT molecular complexity index is 300. The summed E-state index contributed by atoms with van der Waals surface area (Å²) in [6.45, 7) is 14.5. The van der Waals surface area contributed by atoms with Crippen molar-refractivity contribution in [2.24, 2.45) is 11.8 Å². The van der Waals surface area contributed by atoms with Crippen molar-refractivity contribution in [1.29, 1.82) is 0 Å². The van der Waals surface area contributed by atoms with Gasteiger partial charge in [-0.3, -0.25) is 9.80 Å². The van der Waals surface area contributed by atoms with E-state index in [1.165, 1.54) is 63.9 Å². The van der Waals surface area contributed by atoms with Crippen LogP contribution in [0.3, 0.4) is 0 Å². The lowest BCUT2D eigenvalue weighted by molar-refractivity contribution is 0.134. The van der Waals surface area contributed by atoms with Gasteiger partial charge in [0.1, 0.15) is 0 Å². The predicted molar refractivity (Wildman–Crippen MR) is 91.3 cm³/mol. The summed E-state index contributed by atoms with van der Waals surface area (Å²) in [4.78, 5) is 5.08. The third kappa shape index (κ3) is 5.09.